The number of urea groups is 1. The molecule has 33 heavy (non-hydrogen) atoms. The van der Waals surface area contributed by atoms with E-state index in [0.29, 0.717) is 11.7 Å². The molecule has 2 N–H and O–H groups in total. The average molecular weight is 496 g/mol. The molecule has 0 unspecified atom stereocenters. The molecule has 2 amide bonds. The minimum atomic E-state index is -0.952. The summed E-state index contributed by atoms with van der Waals surface area (Å²) in [5.74, 6) is -0.877. The largest absolute Gasteiger partial charge is 0.480 e. The zero-order valence-electron chi connectivity index (χ0n) is 20.0. The summed E-state index contributed by atoms with van der Waals surface area (Å²) in [4.78, 5) is 31.3. The van der Waals surface area contributed by atoms with Crippen molar-refractivity contribution in [1.82, 2.24) is 9.88 Å². The number of aromatic nitrogens is 1. The van der Waals surface area contributed by atoms with E-state index in [1.165, 1.54) is 29.5 Å². The summed E-state index contributed by atoms with van der Waals surface area (Å²) in [7, 11) is 0. The third-order valence-electron chi connectivity index (χ3n) is 6.37. The van der Waals surface area contributed by atoms with Crippen molar-refractivity contribution in [2.75, 3.05) is 11.9 Å². The Morgan fingerprint density at radius 2 is 1.85 bits per heavy atom. The topological polar surface area (TPSA) is 91.8 Å². The Labute approximate surface area is 205 Å². The molecule has 9 heteroatoms. The number of carbonyl (C=O) groups excluding carboxylic acids is 1. The number of nitrogens with one attached hydrogen (secondary N) is 1. The van der Waals surface area contributed by atoms with Crippen molar-refractivity contribution in [2.45, 2.75) is 106 Å². The van der Waals surface area contributed by atoms with E-state index in [9.17, 15) is 14.7 Å². The first kappa shape index (κ1) is 26.0. The zero-order valence-corrected chi connectivity index (χ0v) is 21.6. The van der Waals surface area contributed by atoms with E-state index in [-0.39, 0.29) is 24.2 Å². The van der Waals surface area contributed by atoms with Gasteiger partial charge in [0.1, 0.15) is 4.75 Å². The van der Waals surface area contributed by atoms with Gasteiger partial charge >= 0.3 is 12.0 Å². The molecule has 184 valence electrons. The summed E-state index contributed by atoms with van der Waals surface area (Å²) in [5, 5.41) is 12.9. The van der Waals surface area contributed by atoms with Crippen LogP contribution in [0.5, 0.6) is 0 Å². The van der Waals surface area contributed by atoms with Gasteiger partial charge in [-0.3, -0.25) is 10.1 Å². The summed E-state index contributed by atoms with van der Waals surface area (Å²) in [5.41, 5.74) is 1.04. The molecule has 1 heterocycles. The summed E-state index contributed by atoms with van der Waals surface area (Å²) < 4.78 is 5.79. The number of carboxylic acids is 1. The standard InChI is InChI=1S/C24H37N3O4S2/c1-16(2)15-31-19-12-10-18(11-13-19)27(17-8-6-5-7-9-17)23(30)26-22-25-14-20(32-22)33-24(3,4)21(28)29/h14,17-19H,1,5-13,15H2,2-4H3,(H,28,29)(H,25,26,30). The van der Waals surface area contributed by atoms with E-state index in [2.05, 4.69) is 21.8 Å². The quantitative estimate of drug-likeness (QED) is 0.314. The minimum absolute atomic E-state index is 0.0865. The van der Waals surface area contributed by atoms with Gasteiger partial charge in [0.05, 0.1) is 23.1 Å². The summed E-state index contributed by atoms with van der Waals surface area (Å²) in [6.07, 6.45) is 11.3. The Balaban J connectivity index is 1.64. The number of carboxylic acid groups (broad SMARTS) is 1. The highest BCUT2D eigenvalue weighted by atomic mass is 32.2. The number of aliphatic carboxylic acids is 1. The maximum atomic E-state index is 13.4. The fraction of sp³-hybridized carbons (Fsp3) is 0.708. The number of thioether (sulfide) groups is 1. The molecule has 2 fully saturated rings. The van der Waals surface area contributed by atoms with Gasteiger partial charge in [0.15, 0.2) is 5.13 Å². The van der Waals surface area contributed by atoms with E-state index in [0.717, 1.165) is 61.1 Å². The van der Waals surface area contributed by atoms with Crippen LogP contribution in [0, 0.1) is 0 Å². The average Bonchev–Trinajstić information content (AvgIpc) is 3.19. The molecule has 1 aromatic heterocycles. The Hall–Kier alpha value is -1.58. The van der Waals surface area contributed by atoms with Crippen molar-refractivity contribution < 1.29 is 19.4 Å². The molecule has 0 aliphatic heterocycles. The molecular formula is C24H37N3O4S2. The van der Waals surface area contributed by atoms with Crippen LogP contribution in [-0.2, 0) is 9.53 Å². The maximum Gasteiger partial charge on any atom is 0.324 e. The first-order valence-electron chi connectivity index (χ1n) is 11.9. The lowest BCUT2D eigenvalue weighted by molar-refractivity contribution is -0.138. The molecule has 0 bridgehead atoms. The van der Waals surface area contributed by atoms with Crippen molar-refractivity contribution in [2.24, 2.45) is 0 Å². The first-order valence-corrected chi connectivity index (χ1v) is 13.5. The number of thiazole rings is 1. The predicted octanol–water partition coefficient (Wildman–Crippen LogP) is 6.17. The molecule has 3 rings (SSSR count). The molecule has 0 saturated heterocycles. The predicted molar refractivity (Wildman–Crippen MR) is 134 cm³/mol. The van der Waals surface area contributed by atoms with Crippen LogP contribution in [-0.4, -0.2) is 56.5 Å². The number of hydrogen-bond donors (Lipinski definition) is 2. The van der Waals surface area contributed by atoms with Crippen molar-refractivity contribution in [3.63, 3.8) is 0 Å². The molecule has 0 atom stereocenters. The van der Waals surface area contributed by atoms with E-state index in [1.54, 1.807) is 20.0 Å². The Morgan fingerprint density at radius 3 is 2.45 bits per heavy atom. The van der Waals surface area contributed by atoms with Gasteiger partial charge in [-0.05, 0) is 59.3 Å². The van der Waals surface area contributed by atoms with Crippen molar-refractivity contribution in [3.05, 3.63) is 18.3 Å². The van der Waals surface area contributed by atoms with Gasteiger partial charge in [0.2, 0.25) is 0 Å². The molecular weight excluding hydrogens is 458 g/mol. The van der Waals surface area contributed by atoms with Gasteiger partial charge in [-0.2, -0.15) is 0 Å². The van der Waals surface area contributed by atoms with Gasteiger partial charge in [0, 0.05) is 12.1 Å². The second kappa shape index (κ2) is 11.7. The number of ether oxygens (including phenoxy) is 1. The van der Waals surface area contributed by atoms with Crippen molar-refractivity contribution >= 4 is 40.2 Å². The summed E-state index contributed by atoms with van der Waals surface area (Å²) in [6, 6.07) is 0.380. The summed E-state index contributed by atoms with van der Waals surface area (Å²) in [6.45, 7) is 9.83. The van der Waals surface area contributed by atoms with Crippen LogP contribution < -0.4 is 5.32 Å². The second-order valence-electron chi connectivity index (χ2n) is 9.73. The van der Waals surface area contributed by atoms with Gasteiger partial charge < -0.3 is 14.7 Å². The van der Waals surface area contributed by atoms with Crippen LogP contribution in [0.25, 0.3) is 0 Å². The van der Waals surface area contributed by atoms with Crippen LogP contribution >= 0.6 is 23.1 Å². The molecule has 2 aliphatic rings. The SMILES string of the molecule is C=C(C)COC1CCC(N(C(=O)Nc2ncc(SC(C)(C)C(=O)O)s2)C2CCCCC2)CC1. The van der Waals surface area contributed by atoms with E-state index < -0.39 is 10.7 Å². The lowest BCUT2D eigenvalue weighted by Crippen LogP contribution is -2.51. The van der Waals surface area contributed by atoms with Gasteiger partial charge in [-0.15, -0.1) is 0 Å². The zero-order chi connectivity index (χ0) is 24.0. The number of amides is 2. The third-order valence-corrected chi connectivity index (χ3v) is 8.57. The highest BCUT2D eigenvalue weighted by Crippen LogP contribution is 2.38. The lowest BCUT2D eigenvalue weighted by atomic mass is 9.88. The molecule has 2 saturated carbocycles. The van der Waals surface area contributed by atoms with Crippen molar-refractivity contribution in [1.29, 1.82) is 0 Å². The smallest absolute Gasteiger partial charge is 0.324 e. The summed E-state index contributed by atoms with van der Waals surface area (Å²) >= 11 is 2.57. The fourth-order valence-electron chi connectivity index (χ4n) is 4.55. The minimum Gasteiger partial charge on any atom is -0.480 e. The van der Waals surface area contributed by atoms with Crippen molar-refractivity contribution in [3.8, 4) is 0 Å². The molecule has 2 aliphatic carbocycles. The van der Waals surface area contributed by atoms with Crippen LogP contribution in [0.4, 0.5) is 9.93 Å². The van der Waals surface area contributed by atoms with Crippen LogP contribution in [0.3, 0.4) is 0 Å². The number of carbonyl (C=O) groups is 2. The monoisotopic (exact) mass is 495 g/mol. The van der Waals surface area contributed by atoms with E-state index >= 15 is 0 Å². The third kappa shape index (κ3) is 7.45. The Kier molecular flexibility index (Phi) is 9.24. The molecule has 0 radical (unpaired) electrons. The highest BCUT2D eigenvalue weighted by Gasteiger charge is 2.35. The maximum absolute atomic E-state index is 13.4. The van der Waals surface area contributed by atoms with E-state index in [4.69, 9.17) is 4.74 Å². The van der Waals surface area contributed by atoms with Gasteiger partial charge in [-0.25, -0.2) is 9.78 Å². The molecule has 0 aromatic carbocycles. The van der Waals surface area contributed by atoms with Gasteiger partial charge in [-0.1, -0.05) is 54.5 Å². The fourth-order valence-corrected chi connectivity index (χ4v) is 6.82. The lowest BCUT2D eigenvalue weighted by Gasteiger charge is -2.42. The van der Waals surface area contributed by atoms with Crippen LogP contribution in [0.15, 0.2) is 22.6 Å². The molecule has 1 aromatic rings. The molecule has 7 nitrogen and oxygen atoms in total. The Morgan fingerprint density at radius 1 is 1.21 bits per heavy atom. The number of nitrogens with zero attached hydrogens (tertiary/aromatic N) is 2. The number of anilines is 1. The number of hydrogen-bond acceptors (Lipinski definition) is 6. The second-order valence-corrected chi connectivity index (χ2v) is 12.7. The number of rotatable bonds is 9. The van der Waals surface area contributed by atoms with Crippen LogP contribution in [0.1, 0.15) is 78.6 Å². The van der Waals surface area contributed by atoms with Gasteiger partial charge in [0.25, 0.3) is 0 Å². The Bertz CT molecular complexity index is 827. The van der Waals surface area contributed by atoms with Crippen LogP contribution in [0.2, 0.25) is 0 Å². The van der Waals surface area contributed by atoms with E-state index in [1.807, 2.05) is 6.92 Å². The molecule has 0 spiro atoms. The normalized spacial score (nSPS) is 22.0. The first-order chi connectivity index (χ1) is 15.7. The highest BCUT2D eigenvalue weighted by molar-refractivity contribution is 8.03.